The van der Waals surface area contributed by atoms with Gasteiger partial charge in [-0.15, -0.1) is 0 Å². The molecule has 94 valence electrons. The molecule has 0 saturated carbocycles. The Hall–Kier alpha value is -0.680. The Balaban J connectivity index is 2.05. The van der Waals surface area contributed by atoms with E-state index in [9.17, 15) is 0 Å². The molecule has 4 nitrogen and oxygen atoms in total. The number of aryl methyl sites for hydroxylation is 1. The Morgan fingerprint density at radius 3 is 2.47 bits per heavy atom. The first-order valence-corrected chi connectivity index (χ1v) is 6.78. The third-order valence-electron chi connectivity index (χ3n) is 3.31. The van der Waals surface area contributed by atoms with E-state index in [1.807, 2.05) is 13.0 Å². The normalized spacial score (nSPS) is 17.8. The van der Waals surface area contributed by atoms with Crippen LogP contribution < -0.4 is 4.90 Å². The number of halogens is 1. The average Bonchev–Trinajstić information content (AvgIpc) is 2.28. The molecule has 5 heteroatoms. The van der Waals surface area contributed by atoms with Crippen molar-refractivity contribution in [1.82, 2.24) is 14.9 Å². The van der Waals surface area contributed by atoms with Gasteiger partial charge in [0.05, 0.1) is 0 Å². The van der Waals surface area contributed by atoms with Gasteiger partial charge in [-0.1, -0.05) is 0 Å². The summed E-state index contributed by atoms with van der Waals surface area (Å²) in [6.45, 7) is 4.08. The monoisotopic (exact) mass is 298 g/mol. The van der Waals surface area contributed by atoms with E-state index in [-0.39, 0.29) is 0 Å². The number of aromatic nitrogens is 2. The Bertz CT molecular complexity index is 366. The summed E-state index contributed by atoms with van der Waals surface area (Å²) in [5.41, 5.74) is 0. The lowest BCUT2D eigenvalue weighted by molar-refractivity contribution is 0.249. The molecule has 1 aromatic rings. The number of anilines is 1. The lowest BCUT2D eigenvalue weighted by Crippen LogP contribution is -2.42. The van der Waals surface area contributed by atoms with Crippen LogP contribution in [0.25, 0.3) is 0 Å². The first kappa shape index (κ1) is 12.8. The van der Waals surface area contributed by atoms with E-state index in [2.05, 4.69) is 49.8 Å². The van der Waals surface area contributed by atoms with Crippen LogP contribution in [0.4, 0.5) is 5.82 Å². The Kier molecular flexibility index (Phi) is 3.99. The minimum Gasteiger partial charge on any atom is -0.356 e. The molecule has 2 heterocycles. The second kappa shape index (κ2) is 5.31. The fourth-order valence-corrected chi connectivity index (χ4v) is 2.75. The van der Waals surface area contributed by atoms with Crippen LogP contribution in [-0.4, -0.2) is 48.1 Å². The summed E-state index contributed by atoms with van der Waals surface area (Å²) in [4.78, 5) is 13.4. The molecule has 0 amide bonds. The van der Waals surface area contributed by atoms with Crippen LogP contribution in [0.5, 0.6) is 0 Å². The SMILES string of the molecule is Cc1nc(Br)cc(N2CCC(N(C)C)CC2)n1. The molecule has 2 rings (SSSR count). The Morgan fingerprint density at radius 2 is 1.94 bits per heavy atom. The third-order valence-corrected chi connectivity index (χ3v) is 3.72. The molecule has 0 spiro atoms. The topological polar surface area (TPSA) is 32.3 Å². The number of piperidine rings is 1. The average molecular weight is 299 g/mol. The summed E-state index contributed by atoms with van der Waals surface area (Å²) < 4.78 is 0.870. The minimum atomic E-state index is 0.706. The van der Waals surface area contributed by atoms with Crippen molar-refractivity contribution >= 4 is 21.7 Å². The highest BCUT2D eigenvalue weighted by molar-refractivity contribution is 9.10. The third kappa shape index (κ3) is 3.16. The predicted octanol–water partition coefficient (Wildman–Crippen LogP) is 2.08. The molecule has 0 bridgehead atoms. The molecule has 0 N–H and O–H groups in total. The molecule has 0 radical (unpaired) electrons. The van der Waals surface area contributed by atoms with Gasteiger partial charge in [0, 0.05) is 25.2 Å². The minimum absolute atomic E-state index is 0.706. The lowest BCUT2D eigenvalue weighted by Gasteiger charge is -2.35. The van der Waals surface area contributed by atoms with Gasteiger partial charge in [0.1, 0.15) is 16.2 Å². The van der Waals surface area contributed by atoms with Crippen LogP contribution in [0.15, 0.2) is 10.7 Å². The van der Waals surface area contributed by atoms with E-state index < -0.39 is 0 Å². The highest BCUT2D eigenvalue weighted by Gasteiger charge is 2.21. The molecule has 1 aliphatic rings. The fourth-order valence-electron chi connectivity index (χ4n) is 2.29. The van der Waals surface area contributed by atoms with Gasteiger partial charge in [-0.2, -0.15) is 0 Å². The van der Waals surface area contributed by atoms with E-state index in [1.54, 1.807) is 0 Å². The largest absolute Gasteiger partial charge is 0.356 e. The smallest absolute Gasteiger partial charge is 0.133 e. The number of nitrogens with zero attached hydrogens (tertiary/aromatic N) is 4. The summed E-state index contributed by atoms with van der Waals surface area (Å²) >= 11 is 3.43. The maximum Gasteiger partial charge on any atom is 0.133 e. The zero-order chi connectivity index (χ0) is 12.4. The second-order valence-corrected chi connectivity index (χ2v) is 5.59. The summed E-state index contributed by atoms with van der Waals surface area (Å²) in [5.74, 6) is 1.87. The van der Waals surface area contributed by atoms with Crippen molar-refractivity contribution < 1.29 is 0 Å². The highest BCUT2D eigenvalue weighted by atomic mass is 79.9. The zero-order valence-electron chi connectivity index (χ0n) is 10.6. The molecule has 1 saturated heterocycles. The van der Waals surface area contributed by atoms with E-state index in [0.717, 1.165) is 29.3 Å². The van der Waals surface area contributed by atoms with E-state index >= 15 is 0 Å². The van der Waals surface area contributed by atoms with Crippen LogP contribution in [0.2, 0.25) is 0 Å². The summed E-state index contributed by atoms with van der Waals surface area (Å²) in [7, 11) is 4.32. The van der Waals surface area contributed by atoms with E-state index in [4.69, 9.17) is 0 Å². The second-order valence-electron chi connectivity index (χ2n) is 4.78. The van der Waals surface area contributed by atoms with Gasteiger partial charge >= 0.3 is 0 Å². The van der Waals surface area contributed by atoms with Crippen LogP contribution >= 0.6 is 15.9 Å². The summed E-state index contributed by atoms with van der Waals surface area (Å²) in [6.07, 6.45) is 2.40. The van der Waals surface area contributed by atoms with Crippen molar-refractivity contribution in [3.05, 3.63) is 16.5 Å². The Morgan fingerprint density at radius 1 is 1.29 bits per heavy atom. The molecule has 0 aromatic carbocycles. The highest BCUT2D eigenvalue weighted by Crippen LogP contribution is 2.22. The van der Waals surface area contributed by atoms with Gasteiger partial charge in [0.2, 0.25) is 0 Å². The van der Waals surface area contributed by atoms with Gasteiger partial charge in [0.15, 0.2) is 0 Å². The van der Waals surface area contributed by atoms with Crippen molar-refractivity contribution in [1.29, 1.82) is 0 Å². The predicted molar refractivity (Wildman–Crippen MR) is 73.4 cm³/mol. The lowest BCUT2D eigenvalue weighted by atomic mass is 10.0. The number of hydrogen-bond acceptors (Lipinski definition) is 4. The maximum absolute atomic E-state index is 4.50. The molecule has 1 aromatic heterocycles. The molecule has 0 aliphatic carbocycles. The van der Waals surface area contributed by atoms with Crippen molar-refractivity contribution in [3.63, 3.8) is 0 Å². The summed E-state index contributed by atoms with van der Waals surface area (Å²) in [6, 6.07) is 2.71. The van der Waals surface area contributed by atoms with E-state index in [1.165, 1.54) is 12.8 Å². The number of hydrogen-bond donors (Lipinski definition) is 0. The van der Waals surface area contributed by atoms with Gasteiger partial charge in [-0.05, 0) is 49.8 Å². The van der Waals surface area contributed by atoms with Gasteiger partial charge in [-0.25, -0.2) is 9.97 Å². The van der Waals surface area contributed by atoms with Gasteiger partial charge in [0.25, 0.3) is 0 Å². The molecule has 0 atom stereocenters. The molecule has 1 aliphatic heterocycles. The zero-order valence-corrected chi connectivity index (χ0v) is 12.2. The van der Waals surface area contributed by atoms with Crippen molar-refractivity contribution in [2.24, 2.45) is 0 Å². The van der Waals surface area contributed by atoms with Crippen molar-refractivity contribution in [2.45, 2.75) is 25.8 Å². The molecule has 0 unspecified atom stereocenters. The maximum atomic E-state index is 4.50. The van der Waals surface area contributed by atoms with Gasteiger partial charge < -0.3 is 9.80 Å². The molecular weight excluding hydrogens is 280 g/mol. The first-order valence-electron chi connectivity index (χ1n) is 5.99. The van der Waals surface area contributed by atoms with Crippen molar-refractivity contribution in [3.8, 4) is 0 Å². The molecule has 17 heavy (non-hydrogen) atoms. The van der Waals surface area contributed by atoms with Crippen LogP contribution in [0.3, 0.4) is 0 Å². The quantitative estimate of drug-likeness (QED) is 0.783. The van der Waals surface area contributed by atoms with Crippen LogP contribution in [-0.2, 0) is 0 Å². The molecular formula is C12H19BrN4. The standard InChI is InChI=1S/C12H19BrN4/c1-9-14-11(13)8-12(15-9)17-6-4-10(5-7-17)16(2)3/h8,10H,4-7H2,1-3H3. The van der Waals surface area contributed by atoms with Gasteiger partial charge in [-0.3, -0.25) is 0 Å². The first-order chi connectivity index (χ1) is 8.06. The fraction of sp³-hybridized carbons (Fsp3) is 0.667. The van der Waals surface area contributed by atoms with E-state index in [0.29, 0.717) is 6.04 Å². The summed E-state index contributed by atoms with van der Waals surface area (Å²) in [5, 5.41) is 0. The Labute approximate surface area is 111 Å². The van der Waals surface area contributed by atoms with Crippen LogP contribution in [0, 0.1) is 6.92 Å². The number of rotatable bonds is 2. The van der Waals surface area contributed by atoms with Crippen LogP contribution in [0.1, 0.15) is 18.7 Å². The van der Waals surface area contributed by atoms with Crippen molar-refractivity contribution in [2.75, 3.05) is 32.1 Å². The molecule has 1 fully saturated rings.